The van der Waals surface area contributed by atoms with Gasteiger partial charge in [-0.3, -0.25) is 10.3 Å². The Hall–Kier alpha value is -2.33. The highest BCUT2D eigenvalue weighted by atomic mass is 15.3. The highest BCUT2D eigenvalue weighted by molar-refractivity contribution is 5.85. The number of hydrogen-bond donors (Lipinski definition) is 1. The fraction of sp³-hybridized carbons (Fsp3) is 0.588. The summed E-state index contributed by atoms with van der Waals surface area (Å²) < 4.78 is 0. The smallest absolute Gasteiger partial charge is 0.163 e. The van der Waals surface area contributed by atoms with E-state index >= 15 is 0 Å². The summed E-state index contributed by atoms with van der Waals surface area (Å²) in [4.78, 5) is 13.6. The van der Waals surface area contributed by atoms with Gasteiger partial charge in [0.05, 0.1) is 6.04 Å². The molecule has 1 aromatic heterocycles. The molecule has 0 radical (unpaired) electrons. The van der Waals surface area contributed by atoms with Crippen molar-refractivity contribution in [3.05, 3.63) is 18.1 Å². The van der Waals surface area contributed by atoms with Gasteiger partial charge in [0.15, 0.2) is 17.3 Å². The third-order valence-corrected chi connectivity index (χ3v) is 4.59. The van der Waals surface area contributed by atoms with Gasteiger partial charge in [-0.25, -0.2) is 9.97 Å². The minimum absolute atomic E-state index is 0.0991. The van der Waals surface area contributed by atoms with Crippen LogP contribution in [0.5, 0.6) is 0 Å². The lowest BCUT2D eigenvalue weighted by molar-refractivity contribution is 0.205. The maximum Gasteiger partial charge on any atom is 0.163 e. The molecular formula is C17H23N7. The van der Waals surface area contributed by atoms with Crippen molar-refractivity contribution in [1.29, 1.82) is 5.41 Å². The summed E-state index contributed by atoms with van der Waals surface area (Å²) in [5, 5.41) is 15.8. The average molecular weight is 325 g/mol. The first kappa shape index (κ1) is 16.5. The zero-order chi connectivity index (χ0) is 16.9. The summed E-state index contributed by atoms with van der Waals surface area (Å²) in [6.45, 7) is 4.69. The summed E-state index contributed by atoms with van der Waals surface area (Å²) in [5.41, 5.74) is 0.759. The first-order valence-electron chi connectivity index (χ1n) is 8.43. The van der Waals surface area contributed by atoms with Crippen molar-refractivity contribution < 1.29 is 0 Å². The Morgan fingerprint density at radius 1 is 1.33 bits per heavy atom. The van der Waals surface area contributed by atoms with Crippen molar-refractivity contribution in [3.8, 4) is 11.8 Å². The second-order valence-electron chi connectivity index (χ2n) is 6.00. The number of amidine groups is 1. The molecule has 2 saturated heterocycles. The van der Waals surface area contributed by atoms with Crippen LogP contribution in [0.3, 0.4) is 0 Å². The van der Waals surface area contributed by atoms with Crippen LogP contribution in [0.4, 0.5) is 5.82 Å². The van der Waals surface area contributed by atoms with E-state index in [9.17, 15) is 0 Å². The van der Waals surface area contributed by atoms with Gasteiger partial charge in [0, 0.05) is 51.5 Å². The van der Waals surface area contributed by atoms with Crippen molar-refractivity contribution in [2.45, 2.75) is 38.3 Å². The summed E-state index contributed by atoms with van der Waals surface area (Å²) in [6, 6.07) is 0.521. The number of aromatic nitrogens is 2. The summed E-state index contributed by atoms with van der Waals surface area (Å²) >= 11 is 0. The van der Waals surface area contributed by atoms with E-state index in [0.29, 0.717) is 11.9 Å². The van der Waals surface area contributed by atoms with Gasteiger partial charge >= 0.3 is 0 Å². The van der Waals surface area contributed by atoms with Crippen LogP contribution in [0.2, 0.25) is 0 Å². The average Bonchev–Trinajstić information content (AvgIpc) is 3.03. The van der Waals surface area contributed by atoms with Crippen molar-refractivity contribution in [3.63, 3.8) is 0 Å². The van der Waals surface area contributed by atoms with Gasteiger partial charge < -0.3 is 4.90 Å². The molecule has 7 heteroatoms. The molecule has 0 aromatic carbocycles. The van der Waals surface area contributed by atoms with Gasteiger partial charge in [0.1, 0.15) is 0 Å². The molecule has 2 aliphatic rings. The number of nitrogens with one attached hydrogen (secondary N) is 1. The van der Waals surface area contributed by atoms with E-state index in [1.54, 1.807) is 19.4 Å². The van der Waals surface area contributed by atoms with Crippen LogP contribution in [-0.2, 0) is 0 Å². The van der Waals surface area contributed by atoms with E-state index in [1.165, 1.54) is 0 Å². The summed E-state index contributed by atoms with van der Waals surface area (Å²) in [7, 11) is 1.62. The van der Waals surface area contributed by atoms with Crippen LogP contribution >= 0.6 is 0 Å². The summed E-state index contributed by atoms with van der Waals surface area (Å²) in [5.74, 6) is 7.47. The molecule has 1 N–H and O–H groups in total. The lowest BCUT2D eigenvalue weighted by Crippen LogP contribution is -2.54. The highest BCUT2D eigenvalue weighted by Crippen LogP contribution is 2.30. The number of azo groups is 1. The molecule has 0 bridgehead atoms. The molecule has 24 heavy (non-hydrogen) atoms. The van der Waals surface area contributed by atoms with Crippen LogP contribution in [0.1, 0.15) is 31.9 Å². The zero-order valence-corrected chi connectivity index (χ0v) is 14.2. The Kier molecular flexibility index (Phi) is 5.16. The number of hydrogen-bond acceptors (Lipinski definition) is 6. The minimum atomic E-state index is 0.0991. The molecule has 2 fully saturated rings. The Labute approximate surface area is 142 Å². The number of nitrogens with zero attached hydrogens (tertiary/aromatic N) is 6. The van der Waals surface area contributed by atoms with E-state index in [4.69, 9.17) is 5.41 Å². The molecule has 1 aromatic rings. The lowest BCUT2D eigenvalue weighted by Gasteiger charge is -2.40. The van der Waals surface area contributed by atoms with E-state index in [0.717, 1.165) is 50.4 Å². The predicted octanol–water partition coefficient (Wildman–Crippen LogP) is 1.95. The molecule has 3 rings (SSSR count). The zero-order valence-electron chi connectivity index (χ0n) is 14.2. The lowest BCUT2D eigenvalue weighted by atomic mass is 10.1. The molecule has 2 atom stereocenters. The van der Waals surface area contributed by atoms with Gasteiger partial charge in [-0.05, 0) is 18.8 Å². The summed E-state index contributed by atoms with van der Waals surface area (Å²) in [6.07, 6.45) is 6.27. The van der Waals surface area contributed by atoms with E-state index < -0.39 is 0 Å². The van der Waals surface area contributed by atoms with Crippen LogP contribution < -0.4 is 4.90 Å². The number of piperazine rings is 1. The largest absolute Gasteiger partial charge is 0.351 e. The van der Waals surface area contributed by atoms with Gasteiger partial charge in [0.2, 0.25) is 0 Å². The number of anilines is 1. The van der Waals surface area contributed by atoms with Crippen LogP contribution in [0.25, 0.3) is 0 Å². The molecule has 0 saturated carbocycles. The molecule has 0 amide bonds. The van der Waals surface area contributed by atoms with Crippen LogP contribution in [0, 0.1) is 17.3 Å². The Balaban J connectivity index is 1.74. The van der Waals surface area contributed by atoms with Gasteiger partial charge in [-0.1, -0.05) is 12.8 Å². The third-order valence-electron chi connectivity index (χ3n) is 4.59. The van der Waals surface area contributed by atoms with Crippen LogP contribution in [0.15, 0.2) is 22.6 Å². The second-order valence-corrected chi connectivity index (χ2v) is 6.00. The fourth-order valence-corrected chi connectivity index (χ4v) is 3.54. The third kappa shape index (κ3) is 3.29. The fourth-order valence-electron chi connectivity index (χ4n) is 3.54. The Bertz CT molecular complexity index is 688. The SMILES string of the molecule is CCC#Cc1nccnc1N1CCN2C(C(=N)N=NC)CC[C@H]2C1. The van der Waals surface area contributed by atoms with E-state index in [-0.39, 0.29) is 6.04 Å². The number of fused-ring (bicyclic) bond motifs is 1. The Morgan fingerprint density at radius 3 is 2.96 bits per heavy atom. The van der Waals surface area contributed by atoms with Crippen molar-refractivity contribution in [1.82, 2.24) is 14.9 Å². The molecule has 0 aliphatic carbocycles. The molecule has 2 aliphatic heterocycles. The predicted molar refractivity (Wildman–Crippen MR) is 93.4 cm³/mol. The number of rotatable bonds is 2. The monoisotopic (exact) mass is 325 g/mol. The molecule has 1 unspecified atom stereocenters. The molecule has 0 spiro atoms. The van der Waals surface area contributed by atoms with Crippen LogP contribution in [-0.4, -0.2) is 59.5 Å². The molecule has 7 nitrogen and oxygen atoms in total. The maximum absolute atomic E-state index is 8.08. The standard InChI is InChI=1S/C17H23N7/c1-3-4-5-14-17(21-9-8-20-14)23-10-11-24-13(12-23)6-7-15(24)16(18)22-19-2/h8-9,13,15,18H,3,6-7,10-12H2,1-2H3/t13-,15?/m0/s1. The molecule has 3 heterocycles. The highest BCUT2D eigenvalue weighted by Gasteiger charge is 2.40. The molecular weight excluding hydrogens is 302 g/mol. The van der Waals surface area contributed by atoms with Crippen molar-refractivity contribution in [2.24, 2.45) is 10.2 Å². The first-order valence-corrected chi connectivity index (χ1v) is 8.43. The molecule has 126 valence electrons. The van der Waals surface area contributed by atoms with E-state index in [2.05, 4.69) is 41.8 Å². The maximum atomic E-state index is 8.08. The van der Waals surface area contributed by atoms with Gasteiger partial charge in [-0.2, -0.15) is 5.11 Å². The Morgan fingerprint density at radius 2 is 2.17 bits per heavy atom. The topological polar surface area (TPSA) is 80.8 Å². The minimum Gasteiger partial charge on any atom is -0.351 e. The van der Waals surface area contributed by atoms with Gasteiger partial charge in [-0.15, -0.1) is 5.11 Å². The second kappa shape index (κ2) is 7.49. The van der Waals surface area contributed by atoms with E-state index in [1.807, 2.05) is 6.92 Å². The van der Waals surface area contributed by atoms with Crippen molar-refractivity contribution >= 4 is 11.7 Å². The van der Waals surface area contributed by atoms with Crippen molar-refractivity contribution in [2.75, 3.05) is 31.6 Å². The van der Waals surface area contributed by atoms with Gasteiger partial charge in [0.25, 0.3) is 0 Å². The quantitative estimate of drug-likeness (QED) is 0.390. The normalized spacial score (nSPS) is 23.8. The first-order chi connectivity index (χ1) is 11.7.